The van der Waals surface area contributed by atoms with Gasteiger partial charge in [-0.1, -0.05) is 0 Å². The standard InChI is InChI=1S/C9H18N2O2S/c1-2-14(12,13)11-6-8-3-9(7-11)5-10-4-8/h8-10H,2-7H2,1H3/t8-,9-/m0/s1. The summed E-state index contributed by atoms with van der Waals surface area (Å²) in [5, 5.41) is 3.36. The number of hydrogen-bond donors (Lipinski definition) is 1. The van der Waals surface area contributed by atoms with Crippen molar-refractivity contribution in [2.45, 2.75) is 13.3 Å². The molecule has 0 radical (unpaired) electrons. The molecule has 2 aliphatic heterocycles. The van der Waals surface area contributed by atoms with E-state index in [2.05, 4.69) is 5.32 Å². The van der Waals surface area contributed by atoms with Crippen LogP contribution in [0.4, 0.5) is 0 Å². The van der Waals surface area contributed by atoms with Gasteiger partial charge in [-0.05, 0) is 38.3 Å². The summed E-state index contributed by atoms with van der Waals surface area (Å²) in [5.74, 6) is 1.30. The number of sulfonamides is 1. The van der Waals surface area contributed by atoms with Crippen LogP contribution in [0.5, 0.6) is 0 Å². The van der Waals surface area contributed by atoms with Crippen LogP contribution >= 0.6 is 0 Å². The monoisotopic (exact) mass is 218 g/mol. The van der Waals surface area contributed by atoms with E-state index >= 15 is 0 Å². The number of fused-ring (bicyclic) bond motifs is 2. The second kappa shape index (κ2) is 3.79. The van der Waals surface area contributed by atoms with Gasteiger partial charge in [-0.2, -0.15) is 0 Å². The Morgan fingerprint density at radius 1 is 1.29 bits per heavy atom. The molecule has 2 atom stereocenters. The highest BCUT2D eigenvalue weighted by atomic mass is 32.2. The highest BCUT2D eigenvalue weighted by Crippen LogP contribution is 2.26. The van der Waals surface area contributed by atoms with Gasteiger partial charge in [-0.3, -0.25) is 0 Å². The van der Waals surface area contributed by atoms with Crippen molar-refractivity contribution in [1.82, 2.24) is 9.62 Å². The Morgan fingerprint density at radius 2 is 1.86 bits per heavy atom. The van der Waals surface area contributed by atoms with Gasteiger partial charge in [0.2, 0.25) is 10.0 Å². The topological polar surface area (TPSA) is 49.4 Å². The molecule has 0 spiro atoms. The molecule has 0 amide bonds. The molecule has 0 aromatic heterocycles. The Labute approximate surface area is 85.7 Å². The zero-order valence-electron chi connectivity index (χ0n) is 8.57. The first-order valence-corrected chi connectivity index (χ1v) is 6.91. The van der Waals surface area contributed by atoms with Crippen molar-refractivity contribution < 1.29 is 8.42 Å². The molecule has 1 N–H and O–H groups in total. The minimum Gasteiger partial charge on any atom is -0.316 e. The maximum absolute atomic E-state index is 11.7. The van der Waals surface area contributed by atoms with Gasteiger partial charge in [-0.15, -0.1) is 0 Å². The highest BCUT2D eigenvalue weighted by Gasteiger charge is 2.34. The molecular weight excluding hydrogens is 200 g/mol. The van der Waals surface area contributed by atoms with Crippen LogP contribution in [0.2, 0.25) is 0 Å². The summed E-state index contributed by atoms with van der Waals surface area (Å²) >= 11 is 0. The van der Waals surface area contributed by atoms with Crippen LogP contribution in [0.25, 0.3) is 0 Å². The first-order valence-electron chi connectivity index (χ1n) is 5.30. The number of nitrogens with zero attached hydrogens (tertiary/aromatic N) is 1. The predicted octanol–water partition coefficient (Wildman–Crippen LogP) is -0.123. The summed E-state index contributed by atoms with van der Waals surface area (Å²) in [5.41, 5.74) is 0. The minimum atomic E-state index is -2.96. The lowest BCUT2D eigenvalue weighted by atomic mass is 9.87. The number of rotatable bonds is 2. The van der Waals surface area contributed by atoms with E-state index in [1.54, 1.807) is 11.2 Å². The maximum Gasteiger partial charge on any atom is 0.213 e. The molecule has 2 saturated heterocycles. The Hall–Kier alpha value is -0.130. The molecule has 2 heterocycles. The van der Waals surface area contributed by atoms with E-state index in [0.29, 0.717) is 11.8 Å². The third-order valence-electron chi connectivity index (χ3n) is 3.21. The van der Waals surface area contributed by atoms with E-state index in [0.717, 1.165) is 26.2 Å². The molecule has 5 heteroatoms. The van der Waals surface area contributed by atoms with Gasteiger partial charge in [-0.25, -0.2) is 12.7 Å². The van der Waals surface area contributed by atoms with Crippen LogP contribution in [0, 0.1) is 11.8 Å². The lowest BCUT2D eigenvalue weighted by Crippen LogP contribution is -2.52. The molecule has 0 aromatic rings. The molecule has 2 bridgehead atoms. The van der Waals surface area contributed by atoms with Crippen LogP contribution in [0.3, 0.4) is 0 Å². The van der Waals surface area contributed by atoms with Crippen molar-refractivity contribution in [3.63, 3.8) is 0 Å². The highest BCUT2D eigenvalue weighted by molar-refractivity contribution is 7.89. The lowest BCUT2D eigenvalue weighted by molar-refractivity contribution is 0.159. The third-order valence-corrected chi connectivity index (χ3v) is 5.03. The average Bonchev–Trinajstić information content (AvgIpc) is 2.17. The molecule has 0 saturated carbocycles. The van der Waals surface area contributed by atoms with Gasteiger partial charge in [0.15, 0.2) is 0 Å². The summed E-state index contributed by atoms with van der Waals surface area (Å²) in [7, 11) is -2.96. The molecule has 2 fully saturated rings. The van der Waals surface area contributed by atoms with Gasteiger partial charge in [0.25, 0.3) is 0 Å². The van der Waals surface area contributed by atoms with Crippen LogP contribution in [-0.2, 0) is 10.0 Å². The largest absolute Gasteiger partial charge is 0.316 e. The van der Waals surface area contributed by atoms with Gasteiger partial charge in [0, 0.05) is 13.1 Å². The van der Waals surface area contributed by atoms with E-state index < -0.39 is 10.0 Å². The van der Waals surface area contributed by atoms with E-state index in [1.807, 2.05) is 0 Å². The van der Waals surface area contributed by atoms with Crippen molar-refractivity contribution in [3.05, 3.63) is 0 Å². The second-order valence-electron chi connectivity index (χ2n) is 4.34. The van der Waals surface area contributed by atoms with E-state index in [-0.39, 0.29) is 5.75 Å². The molecule has 2 rings (SSSR count). The third kappa shape index (κ3) is 1.94. The lowest BCUT2D eigenvalue weighted by Gasteiger charge is -2.40. The smallest absolute Gasteiger partial charge is 0.213 e. The Morgan fingerprint density at radius 3 is 2.36 bits per heavy atom. The molecule has 14 heavy (non-hydrogen) atoms. The predicted molar refractivity (Wildman–Crippen MR) is 55.5 cm³/mol. The van der Waals surface area contributed by atoms with Crippen molar-refractivity contribution in [1.29, 1.82) is 0 Å². The SMILES string of the molecule is CCS(=O)(=O)N1C[C@@H]2CNC[C@H](C2)C1. The summed E-state index contributed by atoms with van der Waals surface area (Å²) in [6.07, 6.45) is 1.20. The molecule has 82 valence electrons. The fourth-order valence-corrected chi connectivity index (χ4v) is 3.71. The molecule has 0 unspecified atom stereocenters. The van der Waals surface area contributed by atoms with E-state index in [1.165, 1.54) is 6.42 Å². The average molecular weight is 218 g/mol. The first kappa shape index (κ1) is 10.4. The molecular formula is C9H18N2O2S. The molecule has 0 aromatic carbocycles. The van der Waals surface area contributed by atoms with Crippen LogP contribution in [-0.4, -0.2) is 44.7 Å². The van der Waals surface area contributed by atoms with Gasteiger partial charge in [0.1, 0.15) is 0 Å². The minimum absolute atomic E-state index is 0.236. The second-order valence-corrected chi connectivity index (χ2v) is 6.60. The van der Waals surface area contributed by atoms with Crippen molar-refractivity contribution in [3.8, 4) is 0 Å². The van der Waals surface area contributed by atoms with Crippen LogP contribution in [0.15, 0.2) is 0 Å². The summed E-state index contributed by atoms with van der Waals surface area (Å²) in [4.78, 5) is 0. The van der Waals surface area contributed by atoms with Crippen LogP contribution < -0.4 is 5.32 Å². The van der Waals surface area contributed by atoms with E-state index in [9.17, 15) is 8.42 Å². The number of nitrogens with one attached hydrogen (secondary N) is 1. The van der Waals surface area contributed by atoms with E-state index in [4.69, 9.17) is 0 Å². The summed E-state index contributed by atoms with van der Waals surface area (Å²) in [6.45, 7) is 5.12. The molecule has 4 nitrogen and oxygen atoms in total. The Balaban J connectivity index is 2.09. The number of piperidine rings is 2. The zero-order valence-corrected chi connectivity index (χ0v) is 9.39. The van der Waals surface area contributed by atoms with Crippen LogP contribution in [0.1, 0.15) is 13.3 Å². The summed E-state index contributed by atoms with van der Waals surface area (Å²) < 4.78 is 25.1. The van der Waals surface area contributed by atoms with Crippen molar-refractivity contribution in [2.75, 3.05) is 31.9 Å². The molecule has 0 aliphatic carbocycles. The normalized spacial score (nSPS) is 34.4. The zero-order chi connectivity index (χ0) is 10.2. The summed E-state index contributed by atoms with van der Waals surface area (Å²) in [6, 6.07) is 0. The first-order chi connectivity index (χ1) is 6.62. The van der Waals surface area contributed by atoms with Crippen molar-refractivity contribution in [2.24, 2.45) is 11.8 Å². The fourth-order valence-electron chi connectivity index (χ4n) is 2.47. The van der Waals surface area contributed by atoms with Gasteiger partial charge in [0.05, 0.1) is 5.75 Å². The van der Waals surface area contributed by atoms with Crippen molar-refractivity contribution >= 4 is 10.0 Å². The van der Waals surface area contributed by atoms with Gasteiger partial charge < -0.3 is 5.32 Å². The van der Waals surface area contributed by atoms with Gasteiger partial charge >= 0.3 is 0 Å². The molecule has 2 aliphatic rings. The Kier molecular flexibility index (Phi) is 2.81. The maximum atomic E-state index is 11.7. The Bertz CT molecular complexity index is 290. The number of hydrogen-bond acceptors (Lipinski definition) is 3. The fraction of sp³-hybridized carbons (Fsp3) is 1.00. The quantitative estimate of drug-likeness (QED) is 0.703.